The third-order valence-corrected chi connectivity index (χ3v) is 4.66. The molecular formula is C19H24ClN5. The highest BCUT2D eigenvalue weighted by Gasteiger charge is 2.09. The zero-order valence-corrected chi connectivity index (χ0v) is 15.5. The number of anilines is 3. The van der Waals surface area contributed by atoms with Crippen LogP contribution in [0.3, 0.4) is 0 Å². The maximum atomic E-state index is 6.33. The Morgan fingerprint density at radius 3 is 2.84 bits per heavy atom. The summed E-state index contributed by atoms with van der Waals surface area (Å²) >= 11 is 6.33. The quantitative estimate of drug-likeness (QED) is 0.697. The molecule has 0 radical (unpaired) electrons. The average molecular weight is 358 g/mol. The van der Waals surface area contributed by atoms with Gasteiger partial charge in [-0.15, -0.1) is 5.10 Å². The lowest BCUT2D eigenvalue weighted by atomic mass is 9.97. The molecule has 0 saturated carbocycles. The predicted molar refractivity (Wildman–Crippen MR) is 104 cm³/mol. The van der Waals surface area contributed by atoms with Crippen LogP contribution in [0.15, 0.2) is 30.0 Å². The van der Waals surface area contributed by atoms with Gasteiger partial charge in [0, 0.05) is 6.54 Å². The zero-order valence-electron chi connectivity index (χ0n) is 14.8. The average Bonchev–Trinajstić information content (AvgIpc) is 2.59. The van der Waals surface area contributed by atoms with Crippen molar-refractivity contribution in [3.05, 3.63) is 46.1 Å². The molecule has 132 valence electrons. The molecule has 25 heavy (non-hydrogen) atoms. The molecule has 0 aliphatic heterocycles. The lowest BCUT2D eigenvalue weighted by Crippen LogP contribution is -2.08. The monoisotopic (exact) mass is 357 g/mol. The van der Waals surface area contributed by atoms with Crippen molar-refractivity contribution in [2.75, 3.05) is 17.2 Å². The van der Waals surface area contributed by atoms with Crippen molar-refractivity contribution >= 4 is 29.1 Å². The second-order valence-corrected chi connectivity index (χ2v) is 6.92. The summed E-state index contributed by atoms with van der Waals surface area (Å²) in [5.41, 5.74) is 4.54. The van der Waals surface area contributed by atoms with E-state index in [9.17, 15) is 0 Å². The van der Waals surface area contributed by atoms with Crippen molar-refractivity contribution in [1.82, 2.24) is 15.2 Å². The molecule has 0 fully saturated rings. The number of aromatic nitrogens is 3. The van der Waals surface area contributed by atoms with E-state index >= 15 is 0 Å². The van der Waals surface area contributed by atoms with E-state index in [0.717, 1.165) is 35.6 Å². The van der Waals surface area contributed by atoms with Crippen LogP contribution in [0.4, 0.5) is 17.5 Å². The fraction of sp³-hybridized carbons (Fsp3) is 0.421. The topological polar surface area (TPSA) is 62.7 Å². The Hall–Kier alpha value is -2.14. The number of hydrogen-bond donors (Lipinski definition) is 2. The van der Waals surface area contributed by atoms with E-state index in [1.54, 1.807) is 11.8 Å². The van der Waals surface area contributed by atoms with Crippen molar-refractivity contribution in [1.29, 1.82) is 0 Å². The first-order valence-corrected chi connectivity index (χ1v) is 9.15. The number of halogens is 1. The van der Waals surface area contributed by atoms with Gasteiger partial charge in [0.05, 0.1) is 16.9 Å². The van der Waals surface area contributed by atoms with Gasteiger partial charge in [-0.1, -0.05) is 29.3 Å². The van der Waals surface area contributed by atoms with Crippen molar-refractivity contribution < 1.29 is 0 Å². The van der Waals surface area contributed by atoms with E-state index in [-0.39, 0.29) is 0 Å². The molecule has 0 amide bonds. The summed E-state index contributed by atoms with van der Waals surface area (Å²) in [7, 11) is 0. The molecular weight excluding hydrogens is 334 g/mol. The van der Waals surface area contributed by atoms with E-state index in [1.807, 2.05) is 19.9 Å². The first-order valence-electron chi connectivity index (χ1n) is 8.77. The molecule has 2 aromatic rings. The van der Waals surface area contributed by atoms with Crippen LogP contribution in [0.1, 0.15) is 43.2 Å². The smallest absolute Gasteiger partial charge is 0.249 e. The van der Waals surface area contributed by atoms with Gasteiger partial charge in [0.1, 0.15) is 0 Å². The largest absolute Gasteiger partial charge is 0.368 e. The summed E-state index contributed by atoms with van der Waals surface area (Å²) in [5, 5.41) is 15.2. The fourth-order valence-electron chi connectivity index (χ4n) is 3.11. The molecule has 1 aliphatic carbocycles. The minimum atomic E-state index is 0.440. The third kappa shape index (κ3) is 4.92. The van der Waals surface area contributed by atoms with Crippen molar-refractivity contribution in [2.24, 2.45) is 0 Å². The van der Waals surface area contributed by atoms with Gasteiger partial charge >= 0.3 is 0 Å². The van der Waals surface area contributed by atoms with Gasteiger partial charge in [-0.05, 0) is 63.1 Å². The predicted octanol–water partition coefficient (Wildman–Crippen LogP) is 5.19. The van der Waals surface area contributed by atoms with Crippen molar-refractivity contribution in [3.8, 4) is 0 Å². The molecule has 0 spiro atoms. The molecule has 0 bridgehead atoms. The van der Waals surface area contributed by atoms with Gasteiger partial charge < -0.3 is 10.6 Å². The molecule has 1 aliphatic rings. The SMILES string of the molecule is Cc1cc(C)c(Nc2nncc(NCCC3=CCCCC3)n2)c(Cl)c1. The van der Waals surface area contributed by atoms with Crippen LogP contribution in [-0.4, -0.2) is 21.7 Å². The first-order chi connectivity index (χ1) is 12.1. The summed E-state index contributed by atoms with van der Waals surface area (Å²) in [6.45, 7) is 4.88. The minimum Gasteiger partial charge on any atom is -0.368 e. The molecule has 0 unspecified atom stereocenters. The van der Waals surface area contributed by atoms with Crippen LogP contribution < -0.4 is 10.6 Å². The Morgan fingerprint density at radius 1 is 1.20 bits per heavy atom. The maximum absolute atomic E-state index is 6.33. The van der Waals surface area contributed by atoms with E-state index < -0.39 is 0 Å². The molecule has 5 nitrogen and oxygen atoms in total. The Morgan fingerprint density at radius 2 is 2.08 bits per heavy atom. The molecule has 0 atom stereocenters. The summed E-state index contributed by atoms with van der Waals surface area (Å²) in [4.78, 5) is 4.48. The lowest BCUT2D eigenvalue weighted by molar-refractivity contribution is 0.679. The van der Waals surface area contributed by atoms with Crippen LogP contribution in [0.5, 0.6) is 0 Å². The molecule has 3 rings (SSSR count). The Balaban J connectivity index is 1.62. The van der Waals surface area contributed by atoms with E-state index in [2.05, 4.69) is 38.0 Å². The molecule has 0 saturated heterocycles. The van der Waals surface area contributed by atoms with Crippen LogP contribution in [0, 0.1) is 13.8 Å². The van der Waals surface area contributed by atoms with Gasteiger partial charge in [0.2, 0.25) is 5.95 Å². The minimum absolute atomic E-state index is 0.440. The zero-order chi connectivity index (χ0) is 17.6. The highest BCUT2D eigenvalue weighted by atomic mass is 35.5. The van der Waals surface area contributed by atoms with Gasteiger partial charge in [0.25, 0.3) is 0 Å². The fourth-order valence-corrected chi connectivity index (χ4v) is 3.48. The van der Waals surface area contributed by atoms with E-state index in [1.165, 1.54) is 25.7 Å². The van der Waals surface area contributed by atoms with E-state index in [4.69, 9.17) is 11.6 Å². The number of hydrogen-bond acceptors (Lipinski definition) is 5. The molecule has 1 aromatic heterocycles. The maximum Gasteiger partial charge on any atom is 0.249 e. The van der Waals surface area contributed by atoms with Gasteiger partial charge in [-0.25, -0.2) is 0 Å². The van der Waals surface area contributed by atoms with Crippen molar-refractivity contribution in [3.63, 3.8) is 0 Å². The summed E-state index contributed by atoms with van der Waals surface area (Å²) in [6, 6.07) is 3.99. The summed E-state index contributed by atoms with van der Waals surface area (Å²) < 4.78 is 0. The lowest BCUT2D eigenvalue weighted by Gasteiger charge is -2.14. The number of aryl methyl sites for hydroxylation is 2. The summed E-state index contributed by atoms with van der Waals surface area (Å²) in [5.74, 6) is 1.16. The van der Waals surface area contributed by atoms with E-state index in [0.29, 0.717) is 11.0 Å². The third-order valence-electron chi connectivity index (χ3n) is 4.36. The molecule has 1 heterocycles. The van der Waals surface area contributed by atoms with Crippen LogP contribution in [0.2, 0.25) is 5.02 Å². The first kappa shape index (κ1) is 17.7. The normalized spacial score (nSPS) is 14.1. The number of nitrogens with zero attached hydrogens (tertiary/aromatic N) is 3. The molecule has 2 N–H and O–H groups in total. The highest BCUT2D eigenvalue weighted by Crippen LogP contribution is 2.29. The van der Waals surface area contributed by atoms with Gasteiger partial charge in [-0.3, -0.25) is 0 Å². The van der Waals surface area contributed by atoms with Crippen LogP contribution in [-0.2, 0) is 0 Å². The standard InChI is InChI=1S/C19H24ClN5/c1-13-10-14(2)18(16(20)11-13)24-19-23-17(12-22-25-19)21-9-8-15-6-4-3-5-7-15/h6,10-12H,3-5,7-9H2,1-2H3,(H2,21,23,24,25). The molecule has 6 heteroatoms. The number of rotatable bonds is 6. The Labute approximate surface area is 153 Å². The van der Waals surface area contributed by atoms with Gasteiger partial charge in [-0.2, -0.15) is 10.1 Å². The number of allylic oxidation sites excluding steroid dienone is 1. The van der Waals surface area contributed by atoms with Crippen LogP contribution in [0.25, 0.3) is 0 Å². The van der Waals surface area contributed by atoms with Crippen molar-refractivity contribution in [2.45, 2.75) is 46.0 Å². The molecule has 1 aromatic carbocycles. The number of benzene rings is 1. The Kier molecular flexibility index (Phi) is 5.87. The second kappa shape index (κ2) is 8.30. The second-order valence-electron chi connectivity index (χ2n) is 6.51. The van der Waals surface area contributed by atoms with Crippen LogP contribution >= 0.6 is 11.6 Å². The Bertz CT molecular complexity index is 749. The summed E-state index contributed by atoms with van der Waals surface area (Å²) in [6.07, 6.45) is 10.1. The number of nitrogens with one attached hydrogen (secondary N) is 2. The highest BCUT2D eigenvalue weighted by molar-refractivity contribution is 6.33. The van der Waals surface area contributed by atoms with Gasteiger partial charge in [0.15, 0.2) is 5.82 Å².